The van der Waals surface area contributed by atoms with E-state index in [1.807, 2.05) is 19.3 Å². The Morgan fingerprint density at radius 2 is 1.82 bits per heavy atom. The first kappa shape index (κ1) is 20.9. The number of rotatable bonds is 7. The minimum Gasteiger partial charge on any atom is -0.383 e. The maximum Gasteiger partial charge on any atom is 0.264 e. The van der Waals surface area contributed by atoms with Crippen LogP contribution in [0.4, 0.5) is 0 Å². The Labute approximate surface area is 135 Å². The first-order chi connectivity index (χ1) is 10.5. The van der Waals surface area contributed by atoms with Gasteiger partial charge in [-0.2, -0.15) is 0 Å². The maximum atomic E-state index is 11.5. The second-order valence-corrected chi connectivity index (χ2v) is 6.19. The molecule has 2 atom stereocenters. The predicted octanol–water partition coefficient (Wildman–Crippen LogP) is 2.46. The first-order valence-electron chi connectivity index (χ1n) is 8.59. The Morgan fingerprint density at radius 3 is 2.27 bits per heavy atom. The quantitative estimate of drug-likeness (QED) is 0.330. The molecule has 1 aliphatic carbocycles. The third-order valence-electron chi connectivity index (χ3n) is 3.99. The molecule has 0 heterocycles. The van der Waals surface area contributed by atoms with Crippen molar-refractivity contribution < 1.29 is 9.90 Å². The van der Waals surface area contributed by atoms with E-state index in [9.17, 15) is 9.90 Å². The fourth-order valence-electron chi connectivity index (χ4n) is 2.85. The molecule has 1 fully saturated rings. The summed E-state index contributed by atoms with van der Waals surface area (Å²) in [6.07, 6.45) is 5.57. The van der Waals surface area contributed by atoms with Crippen molar-refractivity contribution in [2.24, 2.45) is 17.7 Å². The van der Waals surface area contributed by atoms with Gasteiger partial charge in [0.1, 0.15) is 0 Å². The molecule has 1 amide bonds. The number of allylic oxidation sites excluding steroid dienone is 1. The number of aliphatic hydroxyl groups excluding tert-OH is 1. The van der Waals surface area contributed by atoms with E-state index < -0.39 is 12.0 Å². The minimum absolute atomic E-state index is 0.340. The zero-order valence-corrected chi connectivity index (χ0v) is 14.7. The van der Waals surface area contributed by atoms with E-state index in [2.05, 4.69) is 25.7 Å². The molecule has 0 aromatic heterocycles. The Hall–Kier alpha value is -1.07. The largest absolute Gasteiger partial charge is 0.383 e. The summed E-state index contributed by atoms with van der Waals surface area (Å²) in [5.74, 6) is 5.37. The summed E-state index contributed by atoms with van der Waals surface area (Å²) in [6, 6.07) is -0.340. The number of carbonyl (C=O) groups is 1. The molecule has 0 aromatic carbocycles. The standard InChI is InChI=1S/C15H29N3O2.C2H6/c1-10(2)9-13(14(19)15(20)18-16)17-11(3)12-7-5-4-6-8-12;1-2/h10,12-14,17,19H,3-9,16H2,1-2H3,(H,18,20);1-2H3. The van der Waals surface area contributed by atoms with Crippen molar-refractivity contribution in [1.29, 1.82) is 0 Å². The fourth-order valence-corrected chi connectivity index (χ4v) is 2.85. The van der Waals surface area contributed by atoms with Gasteiger partial charge >= 0.3 is 0 Å². The average Bonchev–Trinajstić information content (AvgIpc) is 2.55. The van der Waals surface area contributed by atoms with Crippen molar-refractivity contribution >= 4 is 5.91 Å². The average molecular weight is 313 g/mol. The van der Waals surface area contributed by atoms with Crippen molar-refractivity contribution in [1.82, 2.24) is 10.7 Å². The van der Waals surface area contributed by atoms with Crippen molar-refractivity contribution in [3.8, 4) is 0 Å². The summed E-state index contributed by atoms with van der Waals surface area (Å²) >= 11 is 0. The lowest BCUT2D eigenvalue weighted by atomic mass is 9.86. The minimum atomic E-state index is -1.15. The number of nitrogens with one attached hydrogen (secondary N) is 2. The first-order valence-corrected chi connectivity index (χ1v) is 8.59. The number of hydrogen-bond donors (Lipinski definition) is 4. The van der Waals surface area contributed by atoms with Gasteiger partial charge in [0.15, 0.2) is 6.10 Å². The van der Waals surface area contributed by atoms with Gasteiger partial charge in [0.05, 0.1) is 6.04 Å². The molecule has 2 unspecified atom stereocenters. The molecular formula is C17H35N3O2. The molecule has 0 saturated heterocycles. The molecule has 0 aliphatic heterocycles. The SMILES string of the molecule is C=C(NC(CC(C)C)C(O)C(=O)NN)C1CCCCC1.CC. The van der Waals surface area contributed by atoms with Crippen molar-refractivity contribution in [2.75, 3.05) is 0 Å². The number of amides is 1. The van der Waals surface area contributed by atoms with Gasteiger partial charge in [-0.3, -0.25) is 10.2 Å². The monoisotopic (exact) mass is 313 g/mol. The zero-order chi connectivity index (χ0) is 17.1. The molecule has 1 saturated carbocycles. The summed E-state index contributed by atoms with van der Waals surface area (Å²) in [7, 11) is 0. The van der Waals surface area contributed by atoms with Crippen LogP contribution in [-0.2, 0) is 4.79 Å². The van der Waals surface area contributed by atoms with Gasteiger partial charge in [-0.1, -0.05) is 53.5 Å². The van der Waals surface area contributed by atoms with Crippen LogP contribution in [0, 0.1) is 11.8 Å². The van der Waals surface area contributed by atoms with Gasteiger partial charge in [0.25, 0.3) is 5.91 Å². The van der Waals surface area contributed by atoms with Crippen LogP contribution in [0.25, 0.3) is 0 Å². The molecule has 0 radical (unpaired) electrons. The van der Waals surface area contributed by atoms with Crippen LogP contribution in [-0.4, -0.2) is 23.2 Å². The molecule has 5 N–H and O–H groups in total. The van der Waals surface area contributed by atoms with Crippen LogP contribution in [0.5, 0.6) is 0 Å². The predicted molar refractivity (Wildman–Crippen MR) is 91.8 cm³/mol. The number of carbonyl (C=O) groups excluding carboxylic acids is 1. The van der Waals surface area contributed by atoms with Crippen molar-refractivity contribution in [3.05, 3.63) is 12.3 Å². The van der Waals surface area contributed by atoms with Crippen LogP contribution in [0.15, 0.2) is 12.3 Å². The highest BCUT2D eigenvalue weighted by molar-refractivity contribution is 5.80. The molecule has 1 aliphatic rings. The highest BCUT2D eigenvalue weighted by Crippen LogP contribution is 2.28. The molecule has 130 valence electrons. The molecule has 5 nitrogen and oxygen atoms in total. The topological polar surface area (TPSA) is 87.4 Å². The fraction of sp³-hybridized carbons (Fsp3) is 0.824. The molecule has 1 rings (SSSR count). The van der Waals surface area contributed by atoms with E-state index in [0.29, 0.717) is 18.3 Å². The van der Waals surface area contributed by atoms with E-state index in [4.69, 9.17) is 5.84 Å². The third-order valence-corrected chi connectivity index (χ3v) is 3.99. The van der Waals surface area contributed by atoms with Crippen LogP contribution < -0.4 is 16.6 Å². The number of aliphatic hydroxyl groups is 1. The van der Waals surface area contributed by atoms with Gasteiger partial charge in [0, 0.05) is 5.70 Å². The van der Waals surface area contributed by atoms with Crippen LogP contribution >= 0.6 is 0 Å². The van der Waals surface area contributed by atoms with Gasteiger partial charge in [-0.25, -0.2) is 5.84 Å². The Balaban J connectivity index is 0.00000211. The second kappa shape index (κ2) is 11.5. The molecule has 22 heavy (non-hydrogen) atoms. The molecule has 0 bridgehead atoms. The normalized spacial score (nSPS) is 18.0. The van der Waals surface area contributed by atoms with Gasteiger partial charge in [-0.15, -0.1) is 0 Å². The summed E-state index contributed by atoms with van der Waals surface area (Å²) < 4.78 is 0. The van der Waals surface area contributed by atoms with E-state index in [1.165, 1.54) is 19.3 Å². The van der Waals surface area contributed by atoms with Crippen LogP contribution in [0.2, 0.25) is 0 Å². The highest BCUT2D eigenvalue weighted by Gasteiger charge is 2.28. The second-order valence-electron chi connectivity index (χ2n) is 6.19. The van der Waals surface area contributed by atoms with Gasteiger partial charge < -0.3 is 10.4 Å². The molecule has 5 heteroatoms. The molecular weight excluding hydrogens is 278 g/mol. The Kier molecular flexibility index (Phi) is 10.9. The smallest absolute Gasteiger partial charge is 0.264 e. The molecule has 0 aromatic rings. The summed E-state index contributed by atoms with van der Waals surface area (Å²) in [6.45, 7) is 12.2. The third kappa shape index (κ3) is 7.27. The Bertz CT molecular complexity index is 326. The van der Waals surface area contributed by atoms with E-state index in [1.54, 1.807) is 0 Å². The summed E-state index contributed by atoms with van der Waals surface area (Å²) in [4.78, 5) is 11.5. The van der Waals surface area contributed by atoms with E-state index in [-0.39, 0.29) is 6.04 Å². The molecule has 0 spiro atoms. The van der Waals surface area contributed by atoms with Gasteiger partial charge in [-0.05, 0) is 31.1 Å². The van der Waals surface area contributed by atoms with Crippen LogP contribution in [0.1, 0.15) is 66.2 Å². The lowest BCUT2D eigenvalue weighted by Gasteiger charge is -2.31. The van der Waals surface area contributed by atoms with Crippen molar-refractivity contribution in [3.63, 3.8) is 0 Å². The Morgan fingerprint density at radius 1 is 1.27 bits per heavy atom. The lowest BCUT2D eigenvalue weighted by molar-refractivity contribution is -0.131. The van der Waals surface area contributed by atoms with Crippen LogP contribution in [0.3, 0.4) is 0 Å². The van der Waals surface area contributed by atoms with E-state index in [0.717, 1.165) is 18.5 Å². The van der Waals surface area contributed by atoms with Gasteiger partial charge in [0.2, 0.25) is 0 Å². The lowest BCUT2D eigenvalue weighted by Crippen LogP contribution is -2.51. The number of hydrazine groups is 1. The maximum absolute atomic E-state index is 11.5. The summed E-state index contributed by atoms with van der Waals surface area (Å²) in [5.41, 5.74) is 2.96. The van der Waals surface area contributed by atoms with E-state index >= 15 is 0 Å². The van der Waals surface area contributed by atoms with Crippen molar-refractivity contribution in [2.45, 2.75) is 78.4 Å². The number of hydrogen-bond acceptors (Lipinski definition) is 4. The number of nitrogens with two attached hydrogens (primary N) is 1. The summed E-state index contributed by atoms with van der Waals surface area (Å²) in [5, 5.41) is 13.4. The highest BCUT2D eigenvalue weighted by atomic mass is 16.3. The zero-order valence-electron chi connectivity index (χ0n) is 14.7.